The fourth-order valence-corrected chi connectivity index (χ4v) is 2.84. The Labute approximate surface area is 159 Å². The molecule has 0 spiro atoms. The van der Waals surface area contributed by atoms with E-state index in [-0.39, 0.29) is 23.4 Å². The summed E-state index contributed by atoms with van der Waals surface area (Å²) in [6.45, 7) is 0.145. The molecule has 0 aliphatic heterocycles. The number of carboxylic acid groups (broad SMARTS) is 1. The first-order valence-corrected chi connectivity index (χ1v) is 8.24. The van der Waals surface area contributed by atoms with Crippen molar-refractivity contribution in [2.24, 2.45) is 0 Å². The normalized spacial score (nSPS) is 10.5. The van der Waals surface area contributed by atoms with Crippen molar-refractivity contribution in [3.8, 4) is 16.9 Å². The Bertz CT molecular complexity index is 1120. The molecule has 0 aliphatic rings. The first-order valence-electron chi connectivity index (χ1n) is 8.24. The molecule has 8 nitrogen and oxygen atoms in total. The van der Waals surface area contributed by atoms with E-state index in [1.54, 1.807) is 30.3 Å². The summed E-state index contributed by atoms with van der Waals surface area (Å²) < 4.78 is 6.66. The van der Waals surface area contributed by atoms with Gasteiger partial charge >= 0.3 is 5.97 Å². The third-order valence-corrected chi connectivity index (χ3v) is 4.22. The Hall–Kier alpha value is -3.94. The number of pyridine rings is 1. The van der Waals surface area contributed by atoms with E-state index in [0.29, 0.717) is 22.4 Å². The van der Waals surface area contributed by atoms with Crippen LogP contribution in [0.15, 0.2) is 65.6 Å². The molecule has 0 fully saturated rings. The second kappa shape index (κ2) is 7.75. The Kier molecular flexibility index (Phi) is 5.21. The number of methoxy groups -OCH3 is 1. The molecule has 0 bridgehead atoms. The minimum Gasteiger partial charge on any atom is -0.496 e. The van der Waals surface area contributed by atoms with Crippen LogP contribution in [0.3, 0.4) is 0 Å². The van der Waals surface area contributed by atoms with E-state index in [9.17, 15) is 19.7 Å². The minimum atomic E-state index is -1.12. The molecule has 2 aromatic carbocycles. The van der Waals surface area contributed by atoms with Gasteiger partial charge in [-0.15, -0.1) is 0 Å². The zero-order valence-electron chi connectivity index (χ0n) is 14.9. The smallest absolute Gasteiger partial charge is 0.337 e. The SMILES string of the molecule is COc1ccc(Cn2cc(C(=O)O)ccc2=O)cc1-c1cccc([N+](=O)[O-])c1. The number of nitrogens with zero attached hydrogens (tertiary/aromatic N) is 2. The molecule has 0 saturated carbocycles. The maximum absolute atomic E-state index is 12.1. The molecule has 8 heteroatoms. The highest BCUT2D eigenvalue weighted by Gasteiger charge is 2.13. The zero-order valence-corrected chi connectivity index (χ0v) is 14.9. The van der Waals surface area contributed by atoms with Crippen molar-refractivity contribution < 1.29 is 19.6 Å². The number of aromatic nitrogens is 1. The molecule has 1 N–H and O–H groups in total. The summed E-state index contributed by atoms with van der Waals surface area (Å²) in [6, 6.07) is 13.8. The lowest BCUT2D eigenvalue weighted by Gasteiger charge is -2.12. The number of benzene rings is 2. The van der Waals surface area contributed by atoms with E-state index in [1.165, 1.54) is 42.1 Å². The lowest BCUT2D eigenvalue weighted by Crippen LogP contribution is -2.20. The Morgan fingerprint density at radius 2 is 1.96 bits per heavy atom. The quantitative estimate of drug-likeness (QED) is 0.519. The number of aromatic carboxylic acids is 1. The van der Waals surface area contributed by atoms with E-state index in [0.717, 1.165) is 0 Å². The lowest BCUT2D eigenvalue weighted by molar-refractivity contribution is -0.384. The summed E-state index contributed by atoms with van der Waals surface area (Å²) in [6.07, 6.45) is 1.28. The monoisotopic (exact) mass is 380 g/mol. The van der Waals surface area contributed by atoms with E-state index < -0.39 is 10.9 Å². The number of non-ortho nitro benzene ring substituents is 1. The van der Waals surface area contributed by atoms with Crippen LogP contribution < -0.4 is 10.3 Å². The average molecular weight is 380 g/mol. The predicted molar refractivity (Wildman–Crippen MR) is 102 cm³/mol. The largest absolute Gasteiger partial charge is 0.496 e. The lowest BCUT2D eigenvalue weighted by atomic mass is 10.0. The van der Waals surface area contributed by atoms with Gasteiger partial charge in [0.15, 0.2) is 0 Å². The number of hydrogen-bond donors (Lipinski definition) is 1. The molecule has 3 aromatic rings. The summed E-state index contributed by atoms with van der Waals surface area (Å²) in [5.41, 5.74) is 1.57. The zero-order chi connectivity index (χ0) is 20.3. The summed E-state index contributed by atoms with van der Waals surface area (Å²) in [5.74, 6) is -0.600. The van der Waals surface area contributed by atoms with Crippen molar-refractivity contribution in [1.82, 2.24) is 4.57 Å². The van der Waals surface area contributed by atoms with Gasteiger partial charge in [0, 0.05) is 30.0 Å². The van der Waals surface area contributed by atoms with Crippen LogP contribution in [0.2, 0.25) is 0 Å². The Balaban J connectivity index is 2.04. The Morgan fingerprint density at radius 1 is 1.18 bits per heavy atom. The molecule has 28 heavy (non-hydrogen) atoms. The van der Waals surface area contributed by atoms with Gasteiger partial charge < -0.3 is 14.4 Å². The van der Waals surface area contributed by atoms with Crippen LogP contribution in [0.1, 0.15) is 15.9 Å². The molecule has 0 unspecified atom stereocenters. The van der Waals surface area contributed by atoms with Crippen molar-refractivity contribution in [3.05, 3.63) is 92.4 Å². The van der Waals surface area contributed by atoms with Crippen molar-refractivity contribution >= 4 is 11.7 Å². The standard InChI is InChI=1S/C20H16N2O6/c1-28-18-7-5-13(11-21-12-15(20(24)25)6-8-19(21)23)9-17(18)14-3-2-4-16(10-14)22(26)27/h2-10,12H,11H2,1H3,(H,24,25). The molecule has 0 aliphatic carbocycles. The second-order valence-electron chi connectivity index (χ2n) is 6.03. The highest BCUT2D eigenvalue weighted by molar-refractivity contribution is 5.87. The first-order chi connectivity index (χ1) is 13.4. The van der Waals surface area contributed by atoms with E-state index in [2.05, 4.69) is 0 Å². The molecule has 1 heterocycles. The van der Waals surface area contributed by atoms with E-state index in [4.69, 9.17) is 9.84 Å². The van der Waals surface area contributed by atoms with Gasteiger partial charge in [0.2, 0.25) is 0 Å². The van der Waals surface area contributed by atoms with E-state index >= 15 is 0 Å². The number of nitro benzene ring substituents is 1. The van der Waals surface area contributed by atoms with Crippen molar-refractivity contribution in [2.45, 2.75) is 6.54 Å². The van der Waals surface area contributed by atoms with Crippen LogP contribution in [-0.2, 0) is 6.54 Å². The molecule has 3 rings (SSSR count). The number of ether oxygens (including phenoxy) is 1. The van der Waals surface area contributed by atoms with Gasteiger partial charge in [-0.3, -0.25) is 14.9 Å². The van der Waals surface area contributed by atoms with Crippen LogP contribution in [-0.4, -0.2) is 27.7 Å². The summed E-state index contributed by atoms with van der Waals surface area (Å²) in [7, 11) is 1.50. The topological polar surface area (TPSA) is 112 Å². The highest BCUT2D eigenvalue weighted by atomic mass is 16.6. The molecule has 0 radical (unpaired) electrons. The van der Waals surface area contributed by atoms with Crippen LogP contribution in [0.25, 0.3) is 11.1 Å². The molecule has 142 valence electrons. The summed E-state index contributed by atoms with van der Waals surface area (Å²) >= 11 is 0. The van der Waals surface area contributed by atoms with Crippen LogP contribution in [0.5, 0.6) is 5.75 Å². The van der Waals surface area contributed by atoms with Gasteiger partial charge in [-0.25, -0.2) is 4.79 Å². The van der Waals surface area contributed by atoms with Crippen molar-refractivity contribution in [3.63, 3.8) is 0 Å². The number of carboxylic acids is 1. The third kappa shape index (κ3) is 3.90. The second-order valence-corrected chi connectivity index (χ2v) is 6.03. The molecule has 0 saturated heterocycles. The maximum Gasteiger partial charge on any atom is 0.337 e. The van der Waals surface area contributed by atoms with Gasteiger partial charge in [0.05, 0.1) is 24.1 Å². The van der Waals surface area contributed by atoms with Gasteiger partial charge in [-0.2, -0.15) is 0 Å². The van der Waals surface area contributed by atoms with Gasteiger partial charge in [0.1, 0.15) is 5.75 Å². The molecule has 0 amide bonds. The van der Waals surface area contributed by atoms with Crippen LogP contribution in [0, 0.1) is 10.1 Å². The average Bonchev–Trinajstić information content (AvgIpc) is 2.69. The number of nitro groups is 1. The van der Waals surface area contributed by atoms with Crippen LogP contribution >= 0.6 is 0 Å². The van der Waals surface area contributed by atoms with E-state index in [1.807, 2.05) is 0 Å². The summed E-state index contributed by atoms with van der Waals surface area (Å²) in [4.78, 5) is 33.8. The minimum absolute atomic E-state index is 0.00650. The number of hydrogen-bond acceptors (Lipinski definition) is 5. The molecule has 1 aromatic heterocycles. The molecule has 0 atom stereocenters. The number of rotatable bonds is 6. The van der Waals surface area contributed by atoms with Crippen LogP contribution in [0.4, 0.5) is 5.69 Å². The fourth-order valence-electron chi connectivity index (χ4n) is 2.84. The highest BCUT2D eigenvalue weighted by Crippen LogP contribution is 2.33. The van der Waals surface area contributed by atoms with Crippen molar-refractivity contribution in [1.29, 1.82) is 0 Å². The summed E-state index contributed by atoms with van der Waals surface area (Å²) in [5, 5.41) is 20.2. The fraction of sp³-hybridized carbons (Fsp3) is 0.100. The first kappa shape index (κ1) is 18.8. The molecular formula is C20H16N2O6. The van der Waals surface area contributed by atoms with Gasteiger partial charge in [0.25, 0.3) is 11.2 Å². The maximum atomic E-state index is 12.1. The third-order valence-electron chi connectivity index (χ3n) is 4.22. The molecular weight excluding hydrogens is 364 g/mol. The van der Waals surface area contributed by atoms with Crippen molar-refractivity contribution in [2.75, 3.05) is 7.11 Å². The van der Waals surface area contributed by atoms with Gasteiger partial charge in [-0.1, -0.05) is 18.2 Å². The Morgan fingerprint density at radius 3 is 2.64 bits per heavy atom. The van der Waals surface area contributed by atoms with Gasteiger partial charge in [-0.05, 0) is 29.3 Å². The number of carbonyl (C=O) groups is 1. The predicted octanol–water partition coefficient (Wildman–Crippen LogP) is 3.18.